The van der Waals surface area contributed by atoms with Crippen LogP contribution in [0.3, 0.4) is 0 Å². The van der Waals surface area contributed by atoms with Gasteiger partial charge in [0, 0.05) is 6.54 Å². The largest absolute Gasteiger partial charge is 0.329 e. The van der Waals surface area contributed by atoms with Gasteiger partial charge in [-0.1, -0.05) is 24.6 Å². The molecule has 1 amide bonds. The molecule has 0 heterocycles. The number of hydrogen-bond donors (Lipinski definition) is 2. The third kappa shape index (κ3) is 3.15. The Morgan fingerprint density at radius 1 is 1.45 bits per heavy atom. The molecule has 1 aromatic carbocycles. The predicted octanol–water partition coefficient (Wildman–Crippen LogP) is 3.74. The van der Waals surface area contributed by atoms with E-state index in [-0.39, 0.29) is 5.91 Å². The molecule has 0 aliphatic heterocycles. The second kappa shape index (κ2) is 6.15. The molecule has 110 valence electrons. The fourth-order valence-electron chi connectivity index (χ4n) is 2.82. The molecule has 20 heavy (non-hydrogen) atoms. The summed E-state index contributed by atoms with van der Waals surface area (Å²) < 4.78 is 0. The SMILES string of the molecule is Cc1ccc(NC(=O)C2(CN)CCC(C)CC2)c(Cl)c1. The third-order valence-electron chi connectivity index (χ3n) is 4.48. The van der Waals surface area contributed by atoms with Crippen LogP contribution in [0.2, 0.25) is 5.02 Å². The average molecular weight is 295 g/mol. The lowest BCUT2D eigenvalue weighted by atomic mass is 9.70. The quantitative estimate of drug-likeness (QED) is 0.892. The van der Waals surface area contributed by atoms with Crippen molar-refractivity contribution < 1.29 is 4.79 Å². The lowest BCUT2D eigenvalue weighted by Gasteiger charge is -2.37. The van der Waals surface area contributed by atoms with E-state index < -0.39 is 5.41 Å². The zero-order chi connectivity index (χ0) is 14.8. The number of hydrogen-bond acceptors (Lipinski definition) is 2. The number of nitrogens with two attached hydrogens (primary N) is 1. The van der Waals surface area contributed by atoms with Crippen LogP contribution in [0, 0.1) is 18.3 Å². The van der Waals surface area contributed by atoms with E-state index in [2.05, 4.69) is 12.2 Å². The molecule has 4 heteroatoms. The first-order valence-corrected chi connectivity index (χ1v) is 7.62. The first-order chi connectivity index (χ1) is 9.47. The molecule has 0 unspecified atom stereocenters. The Kier molecular flexibility index (Phi) is 4.71. The van der Waals surface area contributed by atoms with Crippen molar-refractivity contribution >= 4 is 23.2 Å². The topological polar surface area (TPSA) is 55.1 Å². The van der Waals surface area contributed by atoms with E-state index in [1.165, 1.54) is 0 Å². The fraction of sp³-hybridized carbons (Fsp3) is 0.562. The highest BCUT2D eigenvalue weighted by molar-refractivity contribution is 6.33. The Balaban J connectivity index is 2.13. The number of nitrogens with one attached hydrogen (secondary N) is 1. The fourth-order valence-corrected chi connectivity index (χ4v) is 3.10. The van der Waals surface area contributed by atoms with Gasteiger partial charge in [0.2, 0.25) is 5.91 Å². The second-order valence-corrected chi connectivity index (χ2v) is 6.51. The standard InChI is InChI=1S/C16H23ClN2O/c1-11-5-7-16(10-18,8-6-11)15(20)19-14-4-3-12(2)9-13(14)17/h3-4,9,11H,5-8,10,18H2,1-2H3,(H,19,20). The number of anilines is 1. The van der Waals surface area contributed by atoms with E-state index in [9.17, 15) is 4.79 Å². The molecule has 1 aliphatic carbocycles. The number of benzene rings is 1. The summed E-state index contributed by atoms with van der Waals surface area (Å²) in [6.45, 7) is 4.60. The van der Waals surface area contributed by atoms with Crippen molar-refractivity contribution in [3.8, 4) is 0 Å². The highest BCUT2D eigenvalue weighted by Crippen LogP contribution is 2.39. The highest BCUT2D eigenvalue weighted by Gasteiger charge is 2.39. The molecule has 3 nitrogen and oxygen atoms in total. The zero-order valence-electron chi connectivity index (χ0n) is 12.2. The van der Waals surface area contributed by atoms with Crippen LogP contribution in [-0.2, 0) is 4.79 Å². The molecular formula is C16H23ClN2O. The van der Waals surface area contributed by atoms with Crippen LogP contribution in [0.4, 0.5) is 5.69 Å². The van der Waals surface area contributed by atoms with E-state index >= 15 is 0 Å². The molecule has 1 aromatic rings. The Morgan fingerprint density at radius 3 is 2.65 bits per heavy atom. The lowest BCUT2D eigenvalue weighted by Crippen LogP contribution is -2.44. The molecule has 0 radical (unpaired) electrons. The molecule has 3 N–H and O–H groups in total. The number of aryl methyl sites for hydroxylation is 1. The van der Waals surface area contributed by atoms with Crippen molar-refractivity contribution in [1.82, 2.24) is 0 Å². The van der Waals surface area contributed by atoms with Gasteiger partial charge in [-0.05, 0) is 56.2 Å². The molecule has 1 aliphatic rings. The van der Waals surface area contributed by atoms with Gasteiger partial charge in [0.05, 0.1) is 16.1 Å². The Bertz CT molecular complexity index is 493. The van der Waals surface area contributed by atoms with Gasteiger partial charge in [-0.15, -0.1) is 0 Å². The Hall–Kier alpha value is -1.06. The van der Waals surface area contributed by atoms with Gasteiger partial charge >= 0.3 is 0 Å². The summed E-state index contributed by atoms with van der Waals surface area (Å²) in [5, 5.41) is 3.54. The smallest absolute Gasteiger partial charge is 0.231 e. The lowest BCUT2D eigenvalue weighted by molar-refractivity contribution is -0.127. The van der Waals surface area contributed by atoms with Crippen molar-refractivity contribution in [2.45, 2.75) is 39.5 Å². The van der Waals surface area contributed by atoms with E-state index in [1.54, 1.807) is 0 Å². The maximum absolute atomic E-state index is 12.6. The van der Waals surface area contributed by atoms with Crippen LogP contribution in [0.25, 0.3) is 0 Å². The summed E-state index contributed by atoms with van der Waals surface area (Å²) in [6, 6.07) is 5.65. The number of carbonyl (C=O) groups excluding carboxylic acids is 1. The second-order valence-electron chi connectivity index (χ2n) is 6.10. The van der Waals surface area contributed by atoms with E-state index in [0.29, 0.717) is 23.2 Å². The van der Waals surface area contributed by atoms with E-state index in [1.807, 2.05) is 25.1 Å². The molecular weight excluding hydrogens is 272 g/mol. The monoisotopic (exact) mass is 294 g/mol. The van der Waals surface area contributed by atoms with Crippen molar-refractivity contribution in [2.24, 2.45) is 17.1 Å². The van der Waals surface area contributed by atoms with Gasteiger partial charge in [-0.25, -0.2) is 0 Å². The maximum Gasteiger partial charge on any atom is 0.231 e. The molecule has 0 atom stereocenters. The first kappa shape index (κ1) is 15.3. The number of amides is 1. The first-order valence-electron chi connectivity index (χ1n) is 7.24. The predicted molar refractivity (Wildman–Crippen MR) is 83.9 cm³/mol. The summed E-state index contributed by atoms with van der Waals surface area (Å²) in [4.78, 5) is 12.6. The highest BCUT2D eigenvalue weighted by atomic mass is 35.5. The summed E-state index contributed by atoms with van der Waals surface area (Å²) in [5.74, 6) is 0.697. The van der Waals surface area contributed by atoms with Gasteiger partial charge in [-0.2, -0.15) is 0 Å². The van der Waals surface area contributed by atoms with Crippen LogP contribution in [0.5, 0.6) is 0 Å². The van der Waals surface area contributed by atoms with Crippen LogP contribution in [0.15, 0.2) is 18.2 Å². The van der Waals surface area contributed by atoms with E-state index in [0.717, 1.165) is 31.2 Å². The third-order valence-corrected chi connectivity index (χ3v) is 4.79. The number of halogens is 1. The van der Waals surface area contributed by atoms with Crippen LogP contribution in [0.1, 0.15) is 38.2 Å². The minimum Gasteiger partial charge on any atom is -0.329 e. The van der Waals surface area contributed by atoms with E-state index in [4.69, 9.17) is 17.3 Å². The summed E-state index contributed by atoms with van der Waals surface area (Å²) in [5.41, 5.74) is 7.23. The molecule has 2 rings (SSSR count). The number of rotatable bonds is 3. The molecule has 0 saturated heterocycles. The minimum atomic E-state index is -0.430. The molecule has 0 spiro atoms. The molecule has 1 saturated carbocycles. The van der Waals surface area contributed by atoms with Gasteiger partial charge in [0.1, 0.15) is 0 Å². The van der Waals surface area contributed by atoms with Crippen LogP contribution >= 0.6 is 11.6 Å². The van der Waals surface area contributed by atoms with Crippen molar-refractivity contribution in [1.29, 1.82) is 0 Å². The summed E-state index contributed by atoms with van der Waals surface area (Å²) >= 11 is 6.18. The average Bonchev–Trinajstić information content (AvgIpc) is 2.43. The number of carbonyl (C=O) groups is 1. The zero-order valence-corrected chi connectivity index (χ0v) is 13.0. The maximum atomic E-state index is 12.6. The van der Waals surface area contributed by atoms with Crippen molar-refractivity contribution in [3.63, 3.8) is 0 Å². The van der Waals surface area contributed by atoms with Crippen molar-refractivity contribution in [3.05, 3.63) is 28.8 Å². The van der Waals surface area contributed by atoms with Gasteiger partial charge in [-0.3, -0.25) is 4.79 Å². The van der Waals surface area contributed by atoms with Crippen LogP contribution < -0.4 is 11.1 Å². The summed E-state index contributed by atoms with van der Waals surface area (Å²) in [6.07, 6.45) is 3.85. The summed E-state index contributed by atoms with van der Waals surface area (Å²) in [7, 11) is 0. The normalized spacial score (nSPS) is 26.3. The van der Waals surface area contributed by atoms with Gasteiger partial charge in [0.25, 0.3) is 0 Å². The Labute approximate surface area is 125 Å². The van der Waals surface area contributed by atoms with Gasteiger partial charge < -0.3 is 11.1 Å². The molecule has 1 fully saturated rings. The van der Waals surface area contributed by atoms with Crippen LogP contribution in [-0.4, -0.2) is 12.5 Å². The van der Waals surface area contributed by atoms with Crippen molar-refractivity contribution in [2.75, 3.05) is 11.9 Å². The Morgan fingerprint density at radius 2 is 2.10 bits per heavy atom. The molecule has 0 aromatic heterocycles. The van der Waals surface area contributed by atoms with Gasteiger partial charge in [0.15, 0.2) is 0 Å². The minimum absolute atomic E-state index is 0.0117. The molecule has 0 bridgehead atoms.